The molecule has 0 radical (unpaired) electrons. The van der Waals surface area contributed by atoms with E-state index in [1.807, 2.05) is 34.5 Å². The van der Waals surface area contributed by atoms with E-state index in [2.05, 4.69) is 30.1 Å². The standard InChI is InChI=1S/C24H28N10O5S2/c1-3-39-30-15(18-29-24(25)41-31-18)20(35)28-16-21(36)34-17(23(37)38)13(11-40-22(16)34)10-32-8-4-6-14-19(32)27-12-33(14)9-5-7-26-2/h4,6,8,12,16,22,26H,3,5,7,9-11H2,1-2H3,(H3-,25,28,29,31,35,37,38)/b30-15+/t16-,22?/m1/s1. The van der Waals surface area contributed by atoms with Gasteiger partial charge in [0.2, 0.25) is 17.9 Å². The molecule has 1 unspecified atom stereocenters. The Bertz CT molecular complexity index is 1550. The molecule has 0 spiro atoms. The average molecular weight is 601 g/mol. The van der Waals surface area contributed by atoms with E-state index in [9.17, 15) is 19.5 Å². The molecule has 2 amide bonds. The summed E-state index contributed by atoms with van der Waals surface area (Å²) in [5, 5.41) is 21.3. The Morgan fingerprint density at radius 3 is 2.93 bits per heavy atom. The van der Waals surface area contributed by atoms with Crippen LogP contribution < -0.4 is 26.0 Å². The van der Waals surface area contributed by atoms with Crippen molar-refractivity contribution in [2.45, 2.75) is 37.8 Å². The molecule has 3 aromatic rings. The number of aliphatic carboxylic acids is 1. The Kier molecular flexibility index (Phi) is 8.46. The van der Waals surface area contributed by atoms with Crippen LogP contribution in [0.3, 0.4) is 0 Å². The molecule has 5 rings (SSSR count). The van der Waals surface area contributed by atoms with Crippen LogP contribution in [-0.2, 0) is 32.3 Å². The van der Waals surface area contributed by atoms with Crippen molar-refractivity contribution < 1.29 is 28.9 Å². The molecule has 15 nitrogen and oxygen atoms in total. The number of imidazole rings is 1. The second-order valence-corrected chi connectivity index (χ2v) is 11.0. The number of anilines is 1. The number of nitrogens with zero attached hydrogens (tertiary/aromatic N) is 7. The Hall–Kier alpha value is -4.09. The summed E-state index contributed by atoms with van der Waals surface area (Å²) >= 11 is 2.23. The largest absolute Gasteiger partial charge is 0.543 e. The summed E-state index contributed by atoms with van der Waals surface area (Å²) in [6.45, 7) is 3.74. The number of pyridine rings is 1. The van der Waals surface area contributed by atoms with Crippen molar-refractivity contribution in [3.63, 3.8) is 0 Å². The zero-order valence-electron chi connectivity index (χ0n) is 22.3. The topological polar surface area (TPSA) is 197 Å². The molecule has 1 fully saturated rings. The van der Waals surface area contributed by atoms with Crippen molar-refractivity contribution in [3.8, 4) is 0 Å². The van der Waals surface area contributed by atoms with Crippen molar-refractivity contribution in [1.29, 1.82) is 0 Å². The van der Waals surface area contributed by atoms with Crippen LogP contribution in [0.2, 0.25) is 0 Å². The van der Waals surface area contributed by atoms with E-state index in [0.717, 1.165) is 36.6 Å². The number of aryl methyl sites for hydroxylation is 1. The average Bonchev–Trinajstić information content (AvgIpc) is 3.58. The number of nitrogens with two attached hydrogens (primary N) is 1. The molecular formula is C24H28N10O5S2. The molecule has 2 aliphatic heterocycles. The number of nitrogen functional groups attached to an aromatic ring is 1. The van der Waals surface area contributed by atoms with Crippen LogP contribution in [0, 0.1) is 0 Å². The summed E-state index contributed by atoms with van der Waals surface area (Å²) in [7, 11) is 1.90. The van der Waals surface area contributed by atoms with Gasteiger partial charge in [0, 0.05) is 29.4 Å². The minimum absolute atomic E-state index is 0.0355. The van der Waals surface area contributed by atoms with Crippen molar-refractivity contribution in [2.24, 2.45) is 5.16 Å². The van der Waals surface area contributed by atoms with E-state index < -0.39 is 29.2 Å². The summed E-state index contributed by atoms with van der Waals surface area (Å²) in [5.41, 5.74) is 7.33. The number of thioether (sulfide) groups is 1. The number of carboxylic acids is 1. The molecular weight excluding hydrogens is 572 g/mol. The Balaban J connectivity index is 1.35. The number of fused-ring (bicyclic) bond motifs is 2. The zero-order valence-corrected chi connectivity index (χ0v) is 23.9. The maximum atomic E-state index is 13.2. The molecule has 1 saturated heterocycles. The normalized spacial score (nSPS) is 18.8. The van der Waals surface area contributed by atoms with E-state index in [1.165, 1.54) is 16.7 Å². The first-order valence-electron chi connectivity index (χ1n) is 12.8. The Labute approximate surface area is 242 Å². The monoisotopic (exact) mass is 600 g/mol. The van der Waals surface area contributed by atoms with Crippen LogP contribution in [0.1, 0.15) is 19.2 Å². The fourth-order valence-corrected chi connectivity index (χ4v) is 6.44. The number of aromatic nitrogens is 5. The third-order valence-electron chi connectivity index (χ3n) is 6.52. The lowest BCUT2D eigenvalue weighted by Gasteiger charge is -2.50. The highest BCUT2D eigenvalue weighted by molar-refractivity contribution is 8.00. The van der Waals surface area contributed by atoms with Gasteiger partial charge in [0.15, 0.2) is 5.13 Å². The summed E-state index contributed by atoms with van der Waals surface area (Å²) in [6.07, 6.45) is 4.52. The van der Waals surface area contributed by atoms with Crippen molar-refractivity contribution in [3.05, 3.63) is 41.8 Å². The number of rotatable bonds is 12. The number of oxime groups is 1. The van der Waals surface area contributed by atoms with Crippen LogP contribution in [-0.4, -0.2) is 84.7 Å². The molecule has 5 heterocycles. The molecule has 41 heavy (non-hydrogen) atoms. The van der Waals surface area contributed by atoms with E-state index >= 15 is 0 Å². The number of hydrogen-bond acceptors (Lipinski definition) is 13. The Morgan fingerprint density at radius 2 is 2.22 bits per heavy atom. The fraction of sp³-hybridized carbons (Fsp3) is 0.417. The van der Waals surface area contributed by atoms with Gasteiger partial charge < -0.3 is 35.7 Å². The number of amides is 2. The first-order valence-corrected chi connectivity index (χ1v) is 14.6. The van der Waals surface area contributed by atoms with Gasteiger partial charge in [-0.1, -0.05) is 5.16 Å². The SMILES string of the molecule is CCO/N=C(/C(=O)N[C@@H]1C(=O)N2C(C(=O)[O-])=C(C[n+]3cccc4c3ncn4CCCNC)CSC12)c1nsc(N)n1. The van der Waals surface area contributed by atoms with Gasteiger partial charge in [-0.2, -0.15) is 9.36 Å². The van der Waals surface area contributed by atoms with Crippen molar-refractivity contribution >= 4 is 63.1 Å². The van der Waals surface area contributed by atoms with Gasteiger partial charge in [-0.25, -0.2) is 4.57 Å². The molecule has 4 N–H and O–H groups in total. The van der Waals surface area contributed by atoms with Crippen LogP contribution >= 0.6 is 23.3 Å². The van der Waals surface area contributed by atoms with Crippen molar-refractivity contribution in [1.82, 2.24) is 34.4 Å². The van der Waals surface area contributed by atoms with E-state index in [4.69, 9.17) is 10.6 Å². The second kappa shape index (κ2) is 12.2. The lowest BCUT2D eigenvalue weighted by Crippen LogP contribution is -2.71. The van der Waals surface area contributed by atoms with Crippen LogP contribution in [0.4, 0.5) is 5.13 Å². The fourth-order valence-electron chi connectivity index (χ4n) is 4.67. The van der Waals surface area contributed by atoms with Gasteiger partial charge >= 0.3 is 5.65 Å². The minimum atomic E-state index is -1.46. The van der Waals surface area contributed by atoms with Crippen LogP contribution in [0.15, 0.2) is 41.1 Å². The van der Waals surface area contributed by atoms with Gasteiger partial charge in [-0.3, -0.25) is 14.5 Å². The first-order chi connectivity index (χ1) is 19.8. The number of nitrogens with one attached hydrogen (secondary N) is 2. The van der Waals surface area contributed by atoms with Crippen LogP contribution in [0.25, 0.3) is 11.2 Å². The number of carboxylic acid groups (broad SMARTS) is 1. The van der Waals surface area contributed by atoms with Gasteiger partial charge in [-0.15, -0.1) is 11.8 Å². The number of hydrogen-bond donors (Lipinski definition) is 3. The quantitative estimate of drug-likeness (QED) is 0.0698. The predicted molar refractivity (Wildman–Crippen MR) is 148 cm³/mol. The van der Waals surface area contributed by atoms with Gasteiger partial charge in [0.05, 0.1) is 17.9 Å². The first kappa shape index (κ1) is 28.4. The molecule has 2 atom stereocenters. The van der Waals surface area contributed by atoms with E-state index in [0.29, 0.717) is 17.0 Å². The molecule has 0 saturated carbocycles. The maximum absolute atomic E-state index is 13.2. The minimum Gasteiger partial charge on any atom is -0.543 e. The van der Waals surface area contributed by atoms with Crippen LogP contribution in [0.5, 0.6) is 0 Å². The summed E-state index contributed by atoms with van der Waals surface area (Å²) < 4.78 is 7.90. The van der Waals surface area contributed by atoms with Gasteiger partial charge in [-0.05, 0) is 44.1 Å². The molecule has 3 aromatic heterocycles. The Morgan fingerprint density at radius 1 is 1.39 bits per heavy atom. The highest BCUT2D eigenvalue weighted by Gasteiger charge is 2.53. The smallest absolute Gasteiger partial charge is 0.349 e. The second-order valence-electron chi connectivity index (χ2n) is 9.15. The summed E-state index contributed by atoms with van der Waals surface area (Å²) in [5.74, 6) is -2.51. The number of carbonyl (C=O) groups excluding carboxylic acids is 3. The predicted octanol–water partition coefficient (Wildman–Crippen LogP) is -1.79. The van der Waals surface area contributed by atoms with Gasteiger partial charge in [0.25, 0.3) is 11.8 Å². The van der Waals surface area contributed by atoms with Gasteiger partial charge in [0.1, 0.15) is 30.1 Å². The molecule has 0 aromatic carbocycles. The molecule has 216 valence electrons. The number of carbonyl (C=O) groups is 3. The zero-order chi connectivity index (χ0) is 29.1. The lowest BCUT2D eigenvalue weighted by atomic mass is 10.0. The van der Waals surface area contributed by atoms with E-state index in [1.54, 1.807) is 13.3 Å². The highest BCUT2D eigenvalue weighted by Crippen LogP contribution is 2.40. The summed E-state index contributed by atoms with van der Waals surface area (Å²) in [6, 6.07) is 2.85. The van der Waals surface area contributed by atoms with E-state index in [-0.39, 0.29) is 35.5 Å². The molecule has 17 heteroatoms. The highest BCUT2D eigenvalue weighted by atomic mass is 32.2. The lowest BCUT2D eigenvalue weighted by molar-refractivity contribution is -0.664. The molecule has 2 aliphatic rings. The maximum Gasteiger partial charge on any atom is 0.349 e. The summed E-state index contributed by atoms with van der Waals surface area (Å²) in [4.78, 5) is 53.2. The molecule has 0 aliphatic carbocycles. The number of β-lactam (4-membered cyclic amide) rings is 1. The third-order valence-corrected chi connectivity index (χ3v) is 8.40. The molecule has 0 bridgehead atoms. The van der Waals surface area contributed by atoms with Crippen molar-refractivity contribution in [2.75, 3.05) is 31.7 Å². The third kappa shape index (κ3) is 5.59.